The molecule has 0 aromatic carbocycles. The molecule has 2 heteroatoms. The fraction of sp³-hybridized carbons (Fsp3) is 1.00. The van der Waals surface area contributed by atoms with Gasteiger partial charge in [-0.2, -0.15) is 0 Å². The van der Waals surface area contributed by atoms with Crippen LogP contribution in [0.1, 0.15) is 38.5 Å². The van der Waals surface area contributed by atoms with Crippen molar-refractivity contribution in [2.75, 3.05) is 19.6 Å². The number of likely N-dealkylation sites (tertiary alicyclic amines) is 1. The number of nitrogens with two attached hydrogens (primary N) is 1. The van der Waals surface area contributed by atoms with Crippen molar-refractivity contribution in [3.8, 4) is 0 Å². The highest BCUT2D eigenvalue weighted by atomic mass is 15.2. The van der Waals surface area contributed by atoms with Crippen LogP contribution in [-0.4, -0.2) is 30.6 Å². The van der Waals surface area contributed by atoms with E-state index in [4.69, 9.17) is 5.73 Å². The van der Waals surface area contributed by atoms with E-state index < -0.39 is 0 Å². The van der Waals surface area contributed by atoms with Crippen molar-refractivity contribution < 1.29 is 0 Å². The van der Waals surface area contributed by atoms with E-state index in [9.17, 15) is 0 Å². The Morgan fingerprint density at radius 3 is 2.69 bits per heavy atom. The number of rotatable bonds is 3. The molecule has 0 aromatic heterocycles. The second-order valence-electron chi connectivity index (χ2n) is 4.67. The van der Waals surface area contributed by atoms with E-state index in [2.05, 4.69) is 4.90 Å². The molecule has 2 N–H and O–H groups in total. The van der Waals surface area contributed by atoms with Crippen molar-refractivity contribution in [1.82, 2.24) is 4.90 Å². The SMILES string of the molecule is NCCC1CCCCN(C2CC2)C1. The second kappa shape index (κ2) is 4.43. The molecule has 1 saturated heterocycles. The van der Waals surface area contributed by atoms with E-state index in [0.29, 0.717) is 0 Å². The first-order valence-corrected chi connectivity index (χ1v) is 5.84. The molecule has 2 fully saturated rings. The van der Waals surface area contributed by atoms with Crippen LogP contribution in [0.2, 0.25) is 0 Å². The summed E-state index contributed by atoms with van der Waals surface area (Å²) < 4.78 is 0. The lowest BCUT2D eigenvalue weighted by Crippen LogP contribution is -2.31. The van der Waals surface area contributed by atoms with Gasteiger partial charge in [-0.05, 0) is 51.1 Å². The molecule has 1 saturated carbocycles. The Bertz CT molecular complexity index is 154. The first-order chi connectivity index (χ1) is 6.40. The van der Waals surface area contributed by atoms with Crippen LogP contribution in [0.3, 0.4) is 0 Å². The predicted molar refractivity (Wildman–Crippen MR) is 55.6 cm³/mol. The van der Waals surface area contributed by atoms with E-state index in [0.717, 1.165) is 18.5 Å². The molecule has 76 valence electrons. The van der Waals surface area contributed by atoms with Crippen LogP contribution in [-0.2, 0) is 0 Å². The Morgan fingerprint density at radius 2 is 2.00 bits per heavy atom. The highest BCUT2D eigenvalue weighted by molar-refractivity contribution is 4.86. The number of hydrogen-bond acceptors (Lipinski definition) is 2. The summed E-state index contributed by atoms with van der Waals surface area (Å²) >= 11 is 0. The molecule has 1 aliphatic heterocycles. The monoisotopic (exact) mass is 182 g/mol. The van der Waals surface area contributed by atoms with Gasteiger partial charge in [0.2, 0.25) is 0 Å². The fourth-order valence-corrected chi connectivity index (χ4v) is 2.50. The summed E-state index contributed by atoms with van der Waals surface area (Å²) in [6.45, 7) is 3.57. The smallest absolute Gasteiger partial charge is 0.00965 e. The van der Waals surface area contributed by atoms with Gasteiger partial charge in [0.25, 0.3) is 0 Å². The minimum atomic E-state index is 0.878. The van der Waals surface area contributed by atoms with Crippen molar-refractivity contribution in [2.24, 2.45) is 11.7 Å². The molecule has 2 aliphatic rings. The first kappa shape index (κ1) is 9.47. The van der Waals surface area contributed by atoms with Gasteiger partial charge in [-0.15, -0.1) is 0 Å². The van der Waals surface area contributed by atoms with Crippen molar-refractivity contribution in [3.05, 3.63) is 0 Å². The van der Waals surface area contributed by atoms with Crippen LogP contribution in [0.25, 0.3) is 0 Å². The maximum absolute atomic E-state index is 5.63. The van der Waals surface area contributed by atoms with E-state index in [1.165, 1.54) is 51.6 Å². The molecule has 1 unspecified atom stereocenters. The van der Waals surface area contributed by atoms with E-state index in [1.807, 2.05) is 0 Å². The molecular weight excluding hydrogens is 160 g/mol. The van der Waals surface area contributed by atoms with Gasteiger partial charge >= 0.3 is 0 Å². The lowest BCUT2D eigenvalue weighted by Gasteiger charge is -2.23. The lowest BCUT2D eigenvalue weighted by atomic mass is 10.00. The highest BCUT2D eigenvalue weighted by Gasteiger charge is 2.30. The zero-order valence-corrected chi connectivity index (χ0v) is 8.54. The van der Waals surface area contributed by atoms with Crippen LogP contribution < -0.4 is 5.73 Å². The molecule has 2 nitrogen and oxygen atoms in total. The fourth-order valence-electron chi connectivity index (χ4n) is 2.50. The third-order valence-corrected chi connectivity index (χ3v) is 3.44. The first-order valence-electron chi connectivity index (χ1n) is 5.84. The molecule has 0 bridgehead atoms. The van der Waals surface area contributed by atoms with Crippen LogP contribution in [0.4, 0.5) is 0 Å². The van der Waals surface area contributed by atoms with Gasteiger partial charge < -0.3 is 10.6 Å². The van der Waals surface area contributed by atoms with Crippen molar-refractivity contribution in [1.29, 1.82) is 0 Å². The van der Waals surface area contributed by atoms with Crippen LogP contribution in [0.15, 0.2) is 0 Å². The average Bonchev–Trinajstić information content (AvgIpc) is 2.90. The standard InChI is InChI=1S/C11H22N2/c12-7-6-10-3-1-2-8-13(9-10)11-4-5-11/h10-11H,1-9,12H2. The summed E-state index contributed by atoms with van der Waals surface area (Å²) in [6, 6.07) is 0.957. The summed E-state index contributed by atoms with van der Waals surface area (Å²) in [6.07, 6.45) is 8.40. The van der Waals surface area contributed by atoms with Gasteiger partial charge in [0.1, 0.15) is 0 Å². The zero-order valence-electron chi connectivity index (χ0n) is 8.54. The van der Waals surface area contributed by atoms with Gasteiger partial charge in [-0.25, -0.2) is 0 Å². The Labute approximate surface area is 81.5 Å². The van der Waals surface area contributed by atoms with Crippen LogP contribution in [0.5, 0.6) is 0 Å². The molecule has 0 spiro atoms. The highest BCUT2D eigenvalue weighted by Crippen LogP contribution is 2.30. The minimum absolute atomic E-state index is 0.878. The molecule has 1 heterocycles. The molecule has 1 aliphatic carbocycles. The molecular formula is C11H22N2. The molecule has 2 rings (SSSR count). The largest absolute Gasteiger partial charge is 0.330 e. The topological polar surface area (TPSA) is 29.3 Å². The predicted octanol–water partition coefficient (Wildman–Crippen LogP) is 1.60. The number of nitrogens with zero attached hydrogens (tertiary/aromatic N) is 1. The summed E-state index contributed by atoms with van der Waals surface area (Å²) in [5.74, 6) is 0.896. The summed E-state index contributed by atoms with van der Waals surface area (Å²) in [5, 5.41) is 0. The van der Waals surface area contributed by atoms with E-state index in [1.54, 1.807) is 0 Å². The maximum atomic E-state index is 5.63. The molecule has 13 heavy (non-hydrogen) atoms. The number of hydrogen-bond donors (Lipinski definition) is 1. The zero-order chi connectivity index (χ0) is 9.10. The Balaban J connectivity index is 1.82. The van der Waals surface area contributed by atoms with Gasteiger partial charge in [-0.3, -0.25) is 0 Å². The quantitative estimate of drug-likeness (QED) is 0.718. The Kier molecular flexibility index (Phi) is 3.23. The van der Waals surface area contributed by atoms with Gasteiger partial charge in [0, 0.05) is 12.6 Å². The summed E-state index contributed by atoms with van der Waals surface area (Å²) in [4.78, 5) is 2.72. The summed E-state index contributed by atoms with van der Waals surface area (Å²) in [5.41, 5.74) is 5.63. The molecule has 0 amide bonds. The third kappa shape index (κ3) is 2.68. The second-order valence-corrected chi connectivity index (χ2v) is 4.67. The molecule has 1 atom stereocenters. The molecule has 0 aromatic rings. The van der Waals surface area contributed by atoms with Gasteiger partial charge in [0.05, 0.1) is 0 Å². The maximum Gasteiger partial charge on any atom is 0.00965 e. The minimum Gasteiger partial charge on any atom is -0.330 e. The normalized spacial score (nSPS) is 31.6. The van der Waals surface area contributed by atoms with Gasteiger partial charge in [0.15, 0.2) is 0 Å². The van der Waals surface area contributed by atoms with Crippen molar-refractivity contribution >= 4 is 0 Å². The Hall–Kier alpha value is -0.0800. The average molecular weight is 182 g/mol. The van der Waals surface area contributed by atoms with E-state index >= 15 is 0 Å². The summed E-state index contributed by atoms with van der Waals surface area (Å²) in [7, 11) is 0. The van der Waals surface area contributed by atoms with E-state index in [-0.39, 0.29) is 0 Å². The molecule has 0 radical (unpaired) electrons. The van der Waals surface area contributed by atoms with Crippen LogP contribution in [0, 0.1) is 5.92 Å². The van der Waals surface area contributed by atoms with Crippen molar-refractivity contribution in [2.45, 2.75) is 44.6 Å². The van der Waals surface area contributed by atoms with Gasteiger partial charge in [-0.1, -0.05) is 6.42 Å². The third-order valence-electron chi connectivity index (χ3n) is 3.44. The Morgan fingerprint density at radius 1 is 1.15 bits per heavy atom. The van der Waals surface area contributed by atoms with Crippen molar-refractivity contribution in [3.63, 3.8) is 0 Å². The lowest BCUT2D eigenvalue weighted by molar-refractivity contribution is 0.235. The van der Waals surface area contributed by atoms with Crippen LogP contribution >= 0.6 is 0 Å².